The van der Waals surface area contributed by atoms with E-state index in [-0.39, 0.29) is 5.91 Å². The van der Waals surface area contributed by atoms with E-state index in [1.54, 1.807) is 12.0 Å². The van der Waals surface area contributed by atoms with Gasteiger partial charge in [0.05, 0.1) is 24.0 Å². The van der Waals surface area contributed by atoms with Gasteiger partial charge in [0.2, 0.25) is 0 Å². The number of hydrogen-bond donors (Lipinski definition) is 0. The largest absolute Gasteiger partial charge is 0.383 e. The number of carbonyl (C=O) groups excluding carboxylic acids is 1. The highest BCUT2D eigenvalue weighted by Gasteiger charge is 2.16. The molecule has 1 heterocycles. The first-order chi connectivity index (χ1) is 8.72. The summed E-state index contributed by atoms with van der Waals surface area (Å²) in [7, 11) is 1.60. The molecule has 0 aromatic carbocycles. The Kier molecular flexibility index (Phi) is 6.40. The molecular formula is C13H18N2O2S. The summed E-state index contributed by atoms with van der Waals surface area (Å²) in [6, 6.07) is 5.91. The van der Waals surface area contributed by atoms with Crippen LogP contribution in [0, 0.1) is 11.3 Å². The lowest BCUT2D eigenvalue weighted by molar-refractivity contribution is 0.0704. The van der Waals surface area contributed by atoms with Crippen molar-refractivity contribution in [2.75, 3.05) is 26.8 Å². The molecule has 1 aromatic rings. The Hall–Kier alpha value is -1.38. The molecule has 0 aliphatic heterocycles. The molecule has 4 nitrogen and oxygen atoms in total. The van der Waals surface area contributed by atoms with Crippen LogP contribution in [0.4, 0.5) is 0 Å². The molecular weight excluding hydrogens is 248 g/mol. The molecule has 0 N–H and O–H groups in total. The standard InChI is InChI=1S/C13H18N2O2S/c1-3-11-5-6-12(18-11)13(16)15(8-4-7-14)9-10-17-2/h5-6H,3-4,8-10H2,1-2H3. The lowest BCUT2D eigenvalue weighted by Gasteiger charge is -2.20. The fourth-order valence-electron chi connectivity index (χ4n) is 1.54. The molecule has 0 aliphatic carbocycles. The van der Waals surface area contributed by atoms with Crippen LogP contribution >= 0.6 is 11.3 Å². The lowest BCUT2D eigenvalue weighted by Crippen LogP contribution is -2.34. The van der Waals surface area contributed by atoms with Crippen LogP contribution < -0.4 is 0 Å². The summed E-state index contributed by atoms with van der Waals surface area (Å²) in [6.07, 6.45) is 1.29. The molecule has 98 valence electrons. The van der Waals surface area contributed by atoms with Crippen LogP contribution in [0.5, 0.6) is 0 Å². The van der Waals surface area contributed by atoms with Gasteiger partial charge >= 0.3 is 0 Å². The molecule has 0 spiro atoms. The normalized spacial score (nSPS) is 10.1. The minimum Gasteiger partial charge on any atom is -0.383 e. The second kappa shape index (κ2) is 7.85. The van der Waals surface area contributed by atoms with Gasteiger partial charge in [-0.15, -0.1) is 11.3 Å². The van der Waals surface area contributed by atoms with Crippen LogP contribution in [-0.2, 0) is 11.2 Å². The van der Waals surface area contributed by atoms with Crippen molar-refractivity contribution in [1.82, 2.24) is 4.90 Å². The predicted molar refractivity (Wildman–Crippen MR) is 71.7 cm³/mol. The fraction of sp³-hybridized carbons (Fsp3) is 0.538. The Balaban J connectivity index is 2.70. The monoisotopic (exact) mass is 266 g/mol. The van der Waals surface area contributed by atoms with E-state index >= 15 is 0 Å². The van der Waals surface area contributed by atoms with Crippen molar-refractivity contribution < 1.29 is 9.53 Å². The van der Waals surface area contributed by atoms with E-state index in [2.05, 4.69) is 13.0 Å². The van der Waals surface area contributed by atoms with Crippen molar-refractivity contribution in [3.8, 4) is 6.07 Å². The summed E-state index contributed by atoms with van der Waals surface area (Å²) in [5, 5.41) is 8.62. The summed E-state index contributed by atoms with van der Waals surface area (Å²) in [5.74, 6) is -0.00741. The number of ether oxygens (including phenoxy) is 1. The van der Waals surface area contributed by atoms with Crippen molar-refractivity contribution in [1.29, 1.82) is 5.26 Å². The number of nitrogens with zero attached hydrogens (tertiary/aromatic N) is 2. The number of carbonyl (C=O) groups is 1. The van der Waals surface area contributed by atoms with Crippen molar-refractivity contribution in [2.45, 2.75) is 19.8 Å². The minimum atomic E-state index is -0.00741. The number of thiophene rings is 1. The van der Waals surface area contributed by atoms with Gasteiger partial charge in [-0.25, -0.2) is 0 Å². The number of nitriles is 1. The van der Waals surface area contributed by atoms with E-state index in [9.17, 15) is 4.79 Å². The lowest BCUT2D eigenvalue weighted by atomic mass is 10.3. The van der Waals surface area contributed by atoms with E-state index in [0.29, 0.717) is 26.1 Å². The molecule has 0 bridgehead atoms. The Morgan fingerprint density at radius 3 is 2.83 bits per heavy atom. The second-order valence-electron chi connectivity index (χ2n) is 3.81. The van der Waals surface area contributed by atoms with E-state index in [1.807, 2.05) is 12.1 Å². The zero-order valence-electron chi connectivity index (χ0n) is 10.8. The van der Waals surface area contributed by atoms with E-state index < -0.39 is 0 Å². The van der Waals surface area contributed by atoms with Gasteiger partial charge in [0.25, 0.3) is 5.91 Å². The molecule has 0 unspecified atom stereocenters. The molecule has 1 rings (SSSR count). The van der Waals surface area contributed by atoms with Crippen LogP contribution in [0.2, 0.25) is 0 Å². The van der Waals surface area contributed by atoms with Crippen molar-refractivity contribution in [3.63, 3.8) is 0 Å². The van der Waals surface area contributed by atoms with E-state index in [1.165, 1.54) is 16.2 Å². The smallest absolute Gasteiger partial charge is 0.264 e. The van der Waals surface area contributed by atoms with Gasteiger partial charge in [0.15, 0.2) is 0 Å². The van der Waals surface area contributed by atoms with Crippen LogP contribution in [0.3, 0.4) is 0 Å². The van der Waals surface area contributed by atoms with Crippen LogP contribution in [-0.4, -0.2) is 37.6 Å². The first-order valence-corrected chi connectivity index (χ1v) is 6.78. The predicted octanol–water partition coefficient (Wildman–Crippen LogP) is 2.31. The molecule has 0 saturated carbocycles. The summed E-state index contributed by atoms with van der Waals surface area (Å²) in [5.41, 5.74) is 0. The Morgan fingerprint density at radius 2 is 2.28 bits per heavy atom. The average molecular weight is 266 g/mol. The van der Waals surface area contributed by atoms with Gasteiger partial charge < -0.3 is 9.64 Å². The third-order valence-corrected chi connectivity index (χ3v) is 3.78. The number of amides is 1. The van der Waals surface area contributed by atoms with E-state index in [4.69, 9.17) is 10.00 Å². The van der Waals surface area contributed by atoms with Crippen molar-refractivity contribution in [2.24, 2.45) is 0 Å². The van der Waals surface area contributed by atoms with Crippen molar-refractivity contribution >= 4 is 17.2 Å². The minimum absolute atomic E-state index is 0.00741. The average Bonchev–Trinajstić information content (AvgIpc) is 2.87. The number of methoxy groups -OCH3 is 1. The maximum absolute atomic E-state index is 12.3. The summed E-state index contributed by atoms with van der Waals surface area (Å²) in [4.78, 5) is 15.9. The van der Waals surface area contributed by atoms with Crippen LogP contribution in [0.15, 0.2) is 12.1 Å². The zero-order valence-corrected chi connectivity index (χ0v) is 11.6. The Labute approximate surface area is 112 Å². The van der Waals surface area contributed by atoms with Gasteiger partial charge in [0, 0.05) is 25.1 Å². The number of aryl methyl sites for hydroxylation is 1. The number of rotatable bonds is 7. The summed E-state index contributed by atoms with van der Waals surface area (Å²) < 4.78 is 4.99. The maximum Gasteiger partial charge on any atom is 0.264 e. The summed E-state index contributed by atoms with van der Waals surface area (Å²) in [6.45, 7) is 3.54. The van der Waals surface area contributed by atoms with Gasteiger partial charge in [-0.3, -0.25) is 4.79 Å². The van der Waals surface area contributed by atoms with Gasteiger partial charge in [0.1, 0.15) is 0 Å². The maximum atomic E-state index is 12.3. The molecule has 0 saturated heterocycles. The Bertz CT molecular complexity index is 423. The van der Waals surface area contributed by atoms with Gasteiger partial charge in [-0.1, -0.05) is 6.92 Å². The highest BCUT2D eigenvalue weighted by molar-refractivity contribution is 7.14. The van der Waals surface area contributed by atoms with Crippen LogP contribution in [0.1, 0.15) is 27.9 Å². The first kappa shape index (κ1) is 14.7. The topological polar surface area (TPSA) is 53.3 Å². The van der Waals surface area contributed by atoms with Crippen molar-refractivity contribution in [3.05, 3.63) is 21.9 Å². The third kappa shape index (κ3) is 4.13. The molecule has 1 aromatic heterocycles. The molecule has 5 heteroatoms. The zero-order chi connectivity index (χ0) is 13.4. The number of hydrogen-bond acceptors (Lipinski definition) is 4. The molecule has 0 radical (unpaired) electrons. The van der Waals surface area contributed by atoms with Crippen LogP contribution in [0.25, 0.3) is 0 Å². The molecule has 1 amide bonds. The first-order valence-electron chi connectivity index (χ1n) is 5.96. The molecule has 0 atom stereocenters. The van der Waals surface area contributed by atoms with Gasteiger partial charge in [-0.05, 0) is 18.6 Å². The quantitative estimate of drug-likeness (QED) is 0.761. The molecule has 0 aliphatic rings. The summed E-state index contributed by atoms with van der Waals surface area (Å²) >= 11 is 1.52. The highest BCUT2D eigenvalue weighted by Crippen LogP contribution is 2.18. The molecule has 0 fully saturated rings. The second-order valence-corrected chi connectivity index (χ2v) is 4.98. The SMILES string of the molecule is CCc1ccc(C(=O)N(CCC#N)CCOC)s1. The highest BCUT2D eigenvalue weighted by atomic mass is 32.1. The van der Waals surface area contributed by atoms with Gasteiger partial charge in [-0.2, -0.15) is 5.26 Å². The Morgan fingerprint density at radius 1 is 1.50 bits per heavy atom. The fourth-order valence-corrected chi connectivity index (χ4v) is 2.46. The molecule has 18 heavy (non-hydrogen) atoms. The third-order valence-electron chi connectivity index (χ3n) is 2.57. The van der Waals surface area contributed by atoms with E-state index in [0.717, 1.165) is 11.3 Å².